The summed E-state index contributed by atoms with van der Waals surface area (Å²) in [6, 6.07) is 17.1. The molecule has 4 aromatic rings. The number of hydrogen-bond donors (Lipinski definition) is 2. The molecule has 2 atom stereocenters. The first-order valence-corrected chi connectivity index (χ1v) is 14.1. The van der Waals surface area contributed by atoms with Crippen molar-refractivity contribution >= 4 is 22.6 Å². The molecule has 7 heteroatoms. The van der Waals surface area contributed by atoms with Crippen LogP contribution in [-0.2, 0) is 6.54 Å². The average Bonchev–Trinajstić information content (AvgIpc) is 3.39. The second kappa shape index (κ2) is 10.4. The fourth-order valence-electron chi connectivity index (χ4n) is 6.27. The molecule has 7 rings (SSSR count). The molecule has 3 aliphatic rings. The van der Waals surface area contributed by atoms with Gasteiger partial charge >= 0.3 is 0 Å². The number of benzene rings is 1. The molecule has 2 aliphatic carbocycles. The number of nitrogen functional groups attached to an aromatic ring is 1. The lowest BCUT2D eigenvalue weighted by Gasteiger charge is -2.36. The molecule has 39 heavy (non-hydrogen) atoms. The molecule has 2 unspecified atom stereocenters. The maximum absolute atomic E-state index is 6.42. The van der Waals surface area contributed by atoms with Crippen molar-refractivity contribution in [1.82, 2.24) is 24.4 Å². The lowest BCUT2D eigenvalue weighted by atomic mass is 9.93. The van der Waals surface area contributed by atoms with Crippen LogP contribution in [0.3, 0.4) is 0 Å². The molecule has 200 valence electrons. The smallest absolute Gasteiger partial charge is 0.165 e. The van der Waals surface area contributed by atoms with Gasteiger partial charge in [-0.1, -0.05) is 26.0 Å². The number of pyridine rings is 2. The molecule has 4 N–H and O–H groups in total. The zero-order chi connectivity index (χ0) is 27.1. The van der Waals surface area contributed by atoms with Crippen LogP contribution in [0.15, 0.2) is 72.5 Å². The van der Waals surface area contributed by atoms with Gasteiger partial charge in [0, 0.05) is 43.1 Å². The molecule has 7 nitrogen and oxygen atoms in total. The molecule has 0 amide bonds. The molecule has 1 saturated carbocycles. The summed E-state index contributed by atoms with van der Waals surface area (Å²) in [5.74, 6) is 2.49. The average molecular weight is 520 g/mol. The van der Waals surface area contributed by atoms with Crippen LogP contribution < -0.4 is 11.5 Å². The van der Waals surface area contributed by atoms with Gasteiger partial charge in [-0.3, -0.25) is 9.47 Å². The van der Waals surface area contributed by atoms with Crippen molar-refractivity contribution in [3.8, 4) is 17.1 Å². The number of allylic oxidation sites excluding steroid dienone is 4. The van der Waals surface area contributed by atoms with Crippen molar-refractivity contribution in [3.63, 3.8) is 0 Å². The van der Waals surface area contributed by atoms with E-state index >= 15 is 0 Å². The number of piperidine rings is 1. The molecule has 0 spiro atoms. The van der Waals surface area contributed by atoms with Gasteiger partial charge < -0.3 is 11.5 Å². The van der Waals surface area contributed by atoms with Gasteiger partial charge in [-0.25, -0.2) is 15.0 Å². The lowest BCUT2D eigenvalue weighted by Crippen LogP contribution is -2.48. The van der Waals surface area contributed by atoms with Gasteiger partial charge in [0.2, 0.25) is 0 Å². The molecule has 4 heterocycles. The number of anilines is 1. The van der Waals surface area contributed by atoms with E-state index in [1.54, 1.807) is 6.20 Å². The monoisotopic (exact) mass is 519 g/mol. The summed E-state index contributed by atoms with van der Waals surface area (Å²) in [6.07, 6.45) is 8.56. The minimum absolute atomic E-state index is 0.388. The first kappa shape index (κ1) is 25.5. The van der Waals surface area contributed by atoms with Gasteiger partial charge in [-0.05, 0) is 91.3 Å². The number of likely N-dealkylation sites (tertiary alicyclic amines) is 1. The Morgan fingerprint density at radius 3 is 2.31 bits per heavy atom. The van der Waals surface area contributed by atoms with Crippen molar-refractivity contribution in [1.29, 1.82) is 0 Å². The van der Waals surface area contributed by atoms with Gasteiger partial charge in [0.05, 0.1) is 11.3 Å². The number of nitrogens with two attached hydrogens (primary N) is 2. The Morgan fingerprint density at radius 2 is 1.64 bits per heavy atom. The van der Waals surface area contributed by atoms with Crippen molar-refractivity contribution in [2.45, 2.75) is 46.2 Å². The second-order valence-corrected chi connectivity index (χ2v) is 10.8. The van der Waals surface area contributed by atoms with E-state index in [2.05, 4.69) is 57.8 Å². The molecule has 0 radical (unpaired) electrons. The maximum atomic E-state index is 6.42. The number of rotatable bonds is 5. The fourth-order valence-corrected chi connectivity index (χ4v) is 6.27. The van der Waals surface area contributed by atoms with Gasteiger partial charge in [-0.2, -0.15) is 0 Å². The second-order valence-electron chi connectivity index (χ2n) is 10.8. The Kier molecular flexibility index (Phi) is 6.79. The van der Waals surface area contributed by atoms with Gasteiger partial charge in [0.1, 0.15) is 11.3 Å². The third kappa shape index (κ3) is 4.66. The van der Waals surface area contributed by atoms with Crippen LogP contribution in [0.1, 0.15) is 44.9 Å². The quantitative estimate of drug-likeness (QED) is 0.356. The van der Waals surface area contributed by atoms with E-state index in [9.17, 15) is 0 Å². The van der Waals surface area contributed by atoms with Crippen molar-refractivity contribution in [3.05, 3.63) is 83.7 Å². The Bertz CT molecular complexity index is 1550. The number of aromatic nitrogens is 4. The predicted molar refractivity (Wildman–Crippen MR) is 159 cm³/mol. The third-order valence-corrected chi connectivity index (χ3v) is 8.23. The molecule has 1 saturated heterocycles. The van der Waals surface area contributed by atoms with Gasteiger partial charge in [0.25, 0.3) is 0 Å². The minimum atomic E-state index is 0.388. The van der Waals surface area contributed by atoms with Crippen molar-refractivity contribution in [2.24, 2.45) is 17.6 Å². The zero-order valence-corrected chi connectivity index (χ0v) is 23.0. The van der Waals surface area contributed by atoms with Crippen molar-refractivity contribution in [2.75, 3.05) is 18.8 Å². The highest BCUT2D eigenvalue weighted by Gasteiger charge is 2.39. The summed E-state index contributed by atoms with van der Waals surface area (Å²) in [5, 5.41) is 0. The van der Waals surface area contributed by atoms with E-state index in [4.69, 9.17) is 21.4 Å². The van der Waals surface area contributed by atoms with Crippen LogP contribution in [0.25, 0.3) is 33.8 Å². The largest absolute Gasteiger partial charge is 0.383 e. The van der Waals surface area contributed by atoms with E-state index < -0.39 is 0 Å². The molecular weight excluding hydrogens is 482 g/mol. The molecule has 3 aromatic heterocycles. The molecule has 2 fully saturated rings. The van der Waals surface area contributed by atoms with Crippen LogP contribution in [-0.4, -0.2) is 43.6 Å². The van der Waals surface area contributed by atoms with Gasteiger partial charge in [-0.15, -0.1) is 0 Å². The third-order valence-electron chi connectivity index (χ3n) is 8.23. The maximum Gasteiger partial charge on any atom is 0.165 e. The van der Waals surface area contributed by atoms with Gasteiger partial charge in [0.15, 0.2) is 11.5 Å². The highest BCUT2D eigenvalue weighted by molar-refractivity contribution is 5.87. The highest BCUT2D eigenvalue weighted by atomic mass is 15.2. The molecular formula is C32H37N7. The summed E-state index contributed by atoms with van der Waals surface area (Å²) < 4.78 is 2.10. The standard InChI is InChI=1S/C30H31N7.C2H6/c1-18-13-22(14-18)25-10-11-26-30(34-25)37(29(35-26)24-3-2-12-33-28(24)32)23-8-4-19(5-9-23)15-36-16-20-6-7-21(17-36)27(20)31;1-2/h2-5,8-14,20-21,27H,6-7,15-17,31H2,1H3,(H2,32,33);1-2H3. The number of hydrogen-bond acceptors (Lipinski definition) is 6. The molecule has 1 aliphatic heterocycles. The van der Waals surface area contributed by atoms with Crippen LogP contribution in [0.2, 0.25) is 0 Å². The Hall–Kier alpha value is -3.81. The Morgan fingerprint density at radius 1 is 0.923 bits per heavy atom. The van der Waals surface area contributed by atoms with E-state index in [0.29, 0.717) is 23.7 Å². The van der Waals surface area contributed by atoms with E-state index in [1.807, 2.05) is 38.1 Å². The topological polar surface area (TPSA) is 98.9 Å². The van der Waals surface area contributed by atoms with E-state index in [1.165, 1.54) is 24.0 Å². The summed E-state index contributed by atoms with van der Waals surface area (Å²) in [4.78, 5) is 16.9. The highest BCUT2D eigenvalue weighted by Crippen LogP contribution is 2.36. The first-order valence-electron chi connectivity index (χ1n) is 14.1. The Labute approximate surface area is 230 Å². The minimum Gasteiger partial charge on any atom is -0.383 e. The van der Waals surface area contributed by atoms with Crippen LogP contribution in [0.4, 0.5) is 5.82 Å². The molecule has 2 bridgehead atoms. The number of imidazole rings is 1. The normalized spacial score (nSPS) is 22.1. The van der Waals surface area contributed by atoms with E-state index in [0.717, 1.165) is 59.1 Å². The van der Waals surface area contributed by atoms with Crippen LogP contribution >= 0.6 is 0 Å². The number of nitrogens with zero attached hydrogens (tertiary/aromatic N) is 5. The first-order chi connectivity index (χ1) is 19.0. The summed E-state index contributed by atoms with van der Waals surface area (Å²) in [7, 11) is 0. The van der Waals surface area contributed by atoms with Crippen molar-refractivity contribution < 1.29 is 0 Å². The Balaban J connectivity index is 0.00000135. The SMILES string of the molecule is CC.CC1=CC(c2ccc3nc(-c4cccnc4N)n(-c4ccc(CN5CC6CCC(C5)C6N)cc4)c3n2)=C1. The summed E-state index contributed by atoms with van der Waals surface area (Å²) >= 11 is 0. The number of fused-ring (bicyclic) bond motifs is 3. The summed E-state index contributed by atoms with van der Waals surface area (Å²) in [5.41, 5.74) is 20.8. The van der Waals surface area contributed by atoms with E-state index in [-0.39, 0.29) is 0 Å². The molecule has 1 aromatic carbocycles. The zero-order valence-electron chi connectivity index (χ0n) is 23.0. The predicted octanol–water partition coefficient (Wildman–Crippen LogP) is 5.60. The lowest BCUT2D eigenvalue weighted by molar-refractivity contribution is 0.140. The fraction of sp³-hybridized carbons (Fsp3) is 0.344. The summed E-state index contributed by atoms with van der Waals surface area (Å²) in [6.45, 7) is 9.26. The van der Waals surface area contributed by atoms with Crippen LogP contribution in [0, 0.1) is 11.8 Å². The van der Waals surface area contributed by atoms with Crippen LogP contribution in [0.5, 0.6) is 0 Å².